The highest BCUT2D eigenvalue weighted by molar-refractivity contribution is 5.81. The summed E-state index contributed by atoms with van der Waals surface area (Å²) >= 11 is 0. The Kier molecular flexibility index (Phi) is 9.82. The second-order valence-electron chi connectivity index (χ2n) is 6.00. The molecule has 1 aromatic rings. The summed E-state index contributed by atoms with van der Waals surface area (Å²) < 4.78 is 15.1. The van der Waals surface area contributed by atoms with Gasteiger partial charge in [-0.2, -0.15) is 0 Å². The molecule has 1 aromatic carbocycles. The van der Waals surface area contributed by atoms with Gasteiger partial charge in [0.1, 0.15) is 12.6 Å². The standard InChI is InChI=1S/C19H27NO6/c1-4-24-16(21)11-8-12-25-18(22)17(14(2)3)20-19(23)26-13-15-9-6-5-7-10-15/h5-7,9-10,14,17H,4,8,11-13H2,1-3H3,(H,20,23)/t17-/m0/s1. The zero-order valence-corrected chi connectivity index (χ0v) is 15.5. The fraction of sp³-hybridized carbons (Fsp3) is 0.526. The van der Waals surface area contributed by atoms with Gasteiger partial charge in [0, 0.05) is 6.42 Å². The smallest absolute Gasteiger partial charge is 0.408 e. The van der Waals surface area contributed by atoms with Gasteiger partial charge in [-0.1, -0.05) is 44.2 Å². The van der Waals surface area contributed by atoms with Gasteiger partial charge in [-0.05, 0) is 24.8 Å². The molecule has 0 aliphatic heterocycles. The lowest BCUT2D eigenvalue weighted by molar-refractivity contribution is -0.149. The largest absolute Gasteiger partial charge is 0.466 e. The number of alkyl carbamates (subject to hydrolysis) is 1. The number of rotatable bonds is 10. The Labute approximate surface area is 154 Å². The molecule has 0 aliphatic carbocycles. The highest BCUT2D eigenvalue weighted by atomic mass is 16.6. The maximum Gasteiger partial charge on any atom is 0.408 e. The zero-order chi connectivity index (χ0) is 19.4. The number of carbonyl (C=O) groups is 3. The molecule has 0 saturated carbocycles. The molecule has 7 heteroatoms. The minimum atomic E-state index is -0.819. The lowest BCUT2D eigenvalue weighted by Crippen LogP contribution is -2.45. The predicted octanol–water partition coefficient (Wildman–Crippen LogP) is 2.82. The maximum atomic E-state index is 12.2. The van der Waals surface area contributed by atoms with Crippen LogP contribution in [0.3, 0.4) is 0 Å². The first-order valence-electron chi connectivity index (χ1n) is 8.73. The molecule has 1 amide bonds. The summed E-state index contributed by atoms with van der Waals surface area (Å²) in [5.41, 5.74) is 0.852. The van der Waals surface area contributed by atoms with Crippen molar-refractivity contribution in [2.24, 2.45) is 5.92 Å². The van der Waals surface area contributed by atoms with Crippen molar-refractivity contribution in [1.29, 1.82) is 0 Å². The van der Waals surface area contributed by atoms with E-state index in [9.17, 15) is 14.4 Å². The summed E-state index contributed by atoms with van der Waals surface area (Å²) in [4.78, 5) is 35.3. The first kappa shape index (κ1) is 21.5. The van der Waals surface area contributed by atoms with Crippen LogP contribution in [0.1, 0.15) is 39.2 Å². The van der Waals surface area contributed by atoms with Crippen LogP contribution >= 0.6 is 0 Å². The number of hydrogen-bond acceptors (Lipinski definition) is 6. The highest BCUT2D eigenvalue weighted by Crippen LogP contribution is 2.07. The molecule has 0 bridgehead atoms. The summed E-state index contributed by atoms with van der Waals surface area (Å²) in [7, 11) is 0. The summed E-state index contributed by atoms with van der Waals surface area (Å²) in [5, 5.41) is 2.53. The molecule has 0 aliphatic rings. The molecule has 1 atom stereocenters. The van der Waals surface area contributed by atoms with Crippen LogP contribution in [0.4, 0.5) is 4.79 Å². The van der Waals surface area contributed by atoms with E-state index in [4.69, 9.17) is 14.2 Å². The minimum absolute atomic E-state index is 0.0849. The van der Waals surface area contributed by atoms with Crippen LogP contribution in [0.15, 0.2) is 30.3 Å². The Hall–Kier alpha value is -2.57. The lowest BCUT2D eigenvalue weighted by atomic mass is 10.1. The fourth-order valence-corrected chi connectivity index (χ4v) is 2.10. The predicted molar refractivity (Wildman–Crippen MR) is 95.2 cm³/mol. The molecular weight excluding hydrogens is 338 g/mol. The van der Waals surface area contributed by atoms with Crippen LogP contribution in [0.2, 0.25) is 0 Å². The van der Waals surface area contributed by atoms with E-state index < -0.39 is 18.1 Å². The Morgan fingerprint density at radius 2 is 1.73 bits per heavy atom. The van der Waals surface area contributed by atoms with E-state index in [-0.39, 0.29) is 31.5 Å². The van der Waals surface area contributed by atoms with Crippen molar-refractivity contribution in [3.8, 4) is 0 Å². The third-order valence-electron chi connectivity index (χ3n) is 3.48. The summed E-state index contributed by atoms with van der Waals surface area (Å²) in [6, 6.07) is 8.43. The number of nitrogens with one attached hydrogen (secondary N) is 1. The van der Waals surface area contributed by atoms with E-state index in [1.807, 2.05) is 30.3 Å². The van der Waals surface area contributed by atoms with Gasteiger partial charge in [-0.15, -0.1) is 0 Å². The lowest BCUT2D eigenvalue weighted by Gasteiger charge is -2.20. The van der Waals surface area contributed by atoms with Gasteiger partial charge < -0.3 is 19.5 Å². The van der Waals surface area contributed by atoms with Crippen LogP contribution in [0.25, 0.3) is 0 Å². The van der Waals surface area contributed by atoms with E-state index in [1.165, 1.54) is 0 Å². The van der Waals surface area contributed by atoms with Crippen molar-refractivity contribution >= 4 is 18.0 Å². The van der Waals surface area contributed by atoms with E-state index in [1.54, 1.807) is 20.8 Å². The third kappa shape index (κ3) is 8.50. The first-order valence-corrected chi connectivity index (χ1v) is 8.73. The van der Waals surface area contributed by atoms with Gasteiger partial charge in [0.2, 0.25) is 0 Å². The van der Waals surface area contributed by atoms with Crippen molar-refractivity contribution < 1.29 is 28.6 Å². The molecule has 26 heavy (non-hydrogen) atoms. The van der Waals surface area contributed by atoms with Crippen molar-refractivity contribution in [2.45, 2.75) is 46.3 Å². The average molecular weight is 365 g/mol. The minimum Gasteiger partial charge on any atom is -0.466 e. The summed E-state index contributed by atoms with van der Waals surface area (Å²) in [5.74, 6) is -1.05. The monoisotopic (exact) mass is 365 g/mol. The van der Waals surface area contributed by atoms with E-state index in [2.05, 4.69) is 5.32 Å². The molecule has 0 radical (unpaired) electrons. The van der Waals surface area contributed by atoms with Crippen molar-refractivity contribution in [1.82, 2.24) is 5.32 Å². The van der Waals surface area contributed by atoms with Gasteiger partial charge in [-0.3, -0.25) is 4.79 Å². The average Bonchev–Trinajstić information content (AvgIpc) is 2.62. The van der Waals surface area contributed by atoms with Gasteiger partial charge in [-0.25, -0.2) is 9.59 Å². The maximum absolute atomic E-state index is 12.2. The van der Waals surface area contributed by atoms with Crippen molar-refractivity contribution in [3.05, 3.63) is 35.9 Å². The third-order valence-corrected chi connectivity index (χ3v) is 3.48. The second kappa shape index (κ2) is 11.9. The topological polar surface area (TPSA) is 90.9 Å². The van der Waals surface area contributed by atoms with E-state index >= 15 is 0 Å². The van der Waals surface area contributed by atoms with Crippen LogP contribution in [0, 0.1) is 5.92 Å². The molecule has 1 N–H and O–H groups in total. The number of carbonyl (C=O) groups excluding carboxylic acids is 3. The van der Waals surface area contributed by atoms with E-state index in [0.29, 0.717) is 13.0 Å². The molecule has 0 fully saturated rings. The second-order valence-corrected chi connectivity index (χ2v) is 6.00. The number of esters is 2. The van der Waals surface area contributed by atoms with Crippen LogP contribution in [-0.4, -0.2) is 37.3 Å². The number of amides is 1. The van der Waals surface area contributed by atoms with Crippen molar-refractivity contribution in [3.63, 3.8) is 0 Å². The molecule has 0 heterocycles. The van der Waals surface area contributed by atoms with Gasteiger partial charge in [0.05, 0.1) is 13.2 Å². The van der Waals surface area contributed by atoms with Crippen LogP contribution in [-0.2, 0) is 30.4 Å². The van der Waals surface area contributed by atoms with Gasteiger partial charge in [0.15, 0.2) is 0 Å². The Morgan fingerprint density at radius 3 is 2.35 bits per heavy atom. The molecule has 0 unspecified atom stereocenters. The molecule has 144 valence electrons. The van der Waals surface area contributed by atoms with Gasteiger partial charge in [0.25, 0.3) is 0 Å². The highest BCUT2D eigenvalue weighted by Gasteiger charge is 2.26. The molecular formula is C19H27NO6. The molecule has 0 spiro atoms. The first-order chi connectivity index (χ1) is 12.4. The number of benzene rings is 1. The molecule has 0 saturated heterocycles. The summed E-state index contributed by atoms with van der Waals surface area (Å²) in [6.07, 6.45) is -0.135. The SMILES string of the molecule is CCOC(=O)CCCOC(=O)[C@@H](NC(=O)OCc1ccccc1)C(C)C. The fourth-order valence-electron chi connectivity index (χ4n) is 2.10. The van der Waals surface area contributed by atoms with Crippen molar-refractivity contribution in [2.75, 3.05) is 13.2 Å². The number of ether oxygens (including phenoxy) is 3. The Morgan fingerprint density at radius 1 is 1.04 bits per heavy atom. The molecule has 1 rings (SSSR count). The number of hydrogen-bond donors (Lipinski definition) is 1. The van der Waals surface area contributed by atoms with Crippen LogP contribution < -0.4 is 5.32 Å². The Balaban J connectivity index is 2.37. The molecule has 0 aromatic heterocycles. The van der Waals surface area contributed by atoms with Gasteiger partial charge >= 0.3 is 18.0 Å². The summed E-state index contributed by atoms with van der Waals surface area (Å²) in [6.45, 7) is 5.84. The normalized spacial score (nSPS) is 11.5. The van der Waals surface area contributed by atoms with E-state index in [0.717, 1.165) is 5.56 Å². The zero-order valence-electron chi connectivity index (χ0n) is 15.5. The van der Waals surface area contributed by atoms with Crippen LogP contribution in [0.5, 0.6) is 0 Å². The molecule has 7 nitrogen and oxygen atoms in total. The quantitative estimate of drug-likeness (QED) is 0.389. The Bertz CT molecular complexity index is 573.